The number of anilines is 1. The highest BCUT2D eigenvalue weighted by atomic mass is 19.4. The number of amides is 1. The molecule has 2 aromatic carbocycles. The van der Waals surface area contributed by atoms with E-state index in [0.717, 1.165) is 19.3 Å². The van der Waals surface area contributed by atoms with E-state index >= 15 is 0 Å². The van der Waals surface area contributed by atoms with Crippen molar-refractivity contribution >= 4 is 28.3 Å². The Hall–Kier alpha value is -4.02. The second-order valence-electron chi connectivity index (χ2n) is 9.69. The average Bonchev–Trinajstić information content (AvgIpc) is 3.25. The van der Waals surface area contributed by atoms with Crippen LogP contribution in [0.3, 0.4) is 0 Å². The average molecular weight is 495 g/mol. The molecule has 1 saturated heterocycles. The lowest BCUT2D eigenvalue weighted by Gasteiger charge is -2.41. The molecule has 1 saturated carbocycles. The highest BCUT2D eigenvalue weighted by Crippen LogP contribution is 2.62. The third-order valence-electron chi connectivity index (χ3n) is 7.64. The first-order chi connectivity index (χ1) is 17.2. The van der Waals surface area contributed by atoms with Crippen LogP contribution in [0.4, 0.5) is 19.0 Å². The molecular formula is C25H20F3N5O3. The van der Waals surface area contributed by atoms with Crippen LogP contribution in [0.2, 0.25) is 0 Å². The summed E-state index contributed by atoms with van der Waals surface area (Å²) in [6, 6.07) is 8.96. The van der Waals surface area contributed by atoms with Gasteiger partial charge in [-0.3, -0.25) is 9.20 Å². The Kier molecular flexibility index (Phi) is 4.15. The van der Waals surface area contributed by atoms with E-state index in [1.165, 1.54) is 12.1 Å². The van der Waals surface area contributed by atoms with E-state index in [9.17, 15) is 18.0 Å². The molecule has 2 atom stereocenters. The molecule has 2 aromatic heterocycles. The van der Waals surface area contributed by atoms with Gasteiger partial charge in [-0.15, -0.1) is 13.2 Å². The number of nitrogen functional groups attached to an aromatic ring is 1. The maximum Gasteiger partial charge on any atom is 0.573 e. The van der Waals surface area contributed by atoms with E-state index in [2.05, 4.69) is 14.7 Å². The number of nitrogens with zero attached hydrogens (tertiary/aromatic N) is 4. The van der Waals surface area contributed by atoms with Crippen molar-refractivity contribution in [2.24, 2.45) is 5.41 Å². The third-order valence-corrected chi connectivity index (χ3v) is 7.64. The van der Waals surface area contributed by atoms with Gasteiger partial charge >= 0.3 is 6.36 Å². The van der Waals surface area contributed by atoms with Crippen LogP contribution in [-0.4, -0.2) is 44.2 Å². The van der Waals surface area contributed by atoms with Crippen LogP contribution in [0.5, 0.6) is 11.5 Å². The summed E-state index contributed by atoms with van der Waals surface area (Å²) in [5, 5.41) is 0. The molecule has 11 heteroatoms. The highest BCUT2D eigenvalue weighted by molar-refractivity contribution is 5.98. The van der Waals surface area contributed by atoms with Gasteiger partial charge in [0.2, 0.25) is 0 Å². The molecule has 2 aliphatic heterocycles. The largest absolute Gasteiger partial charge is 0.573 e. The predicted molar refractivity (Wildman–Crippen MR) is 123 cm³/mol. The number of nitrogens with two attached hydrogens (primary N) is 1. The fraction of sp³-hybridized carbons (Fsp3) is 0.320. The topological polar surface area (TPSA) is 95.0 Å². The number of aromatic nitrogens is 3. The Morgan fingerprint density at radius 1 is 1.14 bits per heavy atom. The van der Waals surface area contributed by atoms with Gasteiger partial charge < -0.3 is 20.1 Å². The number of likely N-dealkylation sites (tertiary alicyclic amines) is 1. The third kappa shape index (κ3) is 3.11. The highest BCUT2D eigenvalue weighted by Gasteiger charge is 2.61. The zero-order chi connectivity index (χ0) is 24.8. The van der Waals surface area contributed by atoms with Gasteiger partial charge in [0.25, 0.3) is 5.91 Å². The number of carbonyl (C=O) groups excluding carboxylic acids is 1. The summed E-state index contributed by atoms with van der Waals surface area (Å²) in [6.45, 7) is 0.530. The summed E-state index contributed by atoms with van der Waals surface area (Å²) in [7, 11) is 0. The van der Waals surface area contributed by atoms with E-state index in [-0.39, 0.29) is 23.2 Å². The zero-order valence-electron chi connectivity index (χ0n) is 18.8. The lowest BCUT2D eigenvalue weighted by atomic mass is 9.82. The number of hydrogen-bond donors (Lipinski definition) is 1. The Balaban J connectivity index is 1.28. The fourth-order valence-corrected chi connectivity index (χ4v) is 5.73. The summed E-state index contributed by atoms with van der Waals surface area (Å²) in [5.74, 6) is 0.158. The summed E-state index contributed by atoms with van der Waals surface area (Å²) >= 11 is 0. The number of benzene rings is 2. The van der Waals surface area contributed by atoms with Gasteiger partial charge in [0.15, 0.2) is 0 Å². The van der Waals surface area contributed by atoms with Crippen LogP contribution in [0.1, 0.15) is 41.2 Å². The van der Waals surface area contributed by atoms with Gasteiger partial charge in [0.1, 0.15) is 28.9 Å². The van der Waals surface area contributed by atoms with Crippen molar-refractivity contribution in [1.82, 2.24) is 19.3 Å². The molecule has 2 fully saturated rings. The van der Waals surface area contributed by atoms with Crippen LogP contribution in [-0.2, 0) is 0 Å². The fourth-order valence-electron chi connectivity index (χ4n) is 5.73. The summed E-state index contributed by atoms with van der Waals surface area (Å²) in [4.78, 5) is 24.2. The molecule has 0 unspecified atom stereocenters. The van der Waals surface area contributed by atoms with Gasteiger partial charge in [0.05, 0.1) is 29.6 Å². The normalized spacial score (nSPS) is 21.9. The smallest absolute Gasteiger partial charge is 0.487 e. The zero-order valence-corrected chi connectivity index (χ0v) is 18.8. The van der Waals surface area contributed by atoms with Gasteiger partial charge in [-0.25, -0.2) is 9.97 Å². The molecule has 8 nitrogen and oxygen atoms in total. The van der Waals surface area contributed by atoms with Crippen molar-refractivity contribution in [3.63, 3.8) is 0 Å². The molecule has 1 aliphatic carbocycles. The van der Waals surface area contributed by atoms with Crippen molar-refractivity contribution in [2.45, 2.75) is 37.8 Å². The Morgan fingerprint density at radius 3 is 2.75 bits per heavy atom. The van der Waals surface area contributed by atoms with E-state index in [1.54, 1.807) is 46.1 Å². The molecule has 1 amide bonds. The van der Waals surface area contributed by atoms with Gasteiger partial charge in [-0.2, -0.15) is 0 Å². The minimum atomic E-state index is -4.80. The number of piperidine rings is 1. The molecule has 4 heterocycles. The van der Waals surface area contributed by atoms with Gasteiger partial charge in [0, 0.05) is 29.2 Å². The quantitative estimate of drug-likeness (QED) is 0.440. The molecular weight excluding hydrogens is 475 g/mol. The summed E-state index contributed by atoms with van der Waals surface area (Å²) < 4.78 is 50.4. The molecule has 0 bridgehead atoms. The SMILES string of the molecule is Nc1nc2ccc(C(=O)N3CCC4(CC4)[C@@H]4Oc5cc(OC(F)(F)F)ccc5[C@@H]43)cc2n2cncc12. The first-order valence-corrected chi connectivity index (χ1v) is 11.6. The van der Waals surface area contributed by atoms with Crippen molar-refractivity contribution in [3.05, 3.63) is 60.0 Å². The Labute approximate surface area is 202 Å². The lowest BCUT2D eigenvalue weighted by Crippen LogP contribution is -2.49. The van der Waals surface area contributed by atoms with Crippen LogP contribution >= 0.6 is 0 Å². The van der Waals surface area contributed by atoms with Crippen LogP contribution < -0.4 is 15.2 Å². The van der Waals surface area contributed by atoms with E-state index < -0.39 is 12.4 Å². The maximum absolute atomic E-state index is 13.9. The van der Waals surface area contributed by atoms with E-state index in [4.69, 9.17) is 10.5 Å². The van der Waals surface area contributed by atoms with E-state index in [1.807, 2.05) is 0 Å². The monoisotopic (exact) mass is 495 g/mol. The lowest BCUT2D eigenvalue weighted by molar-refractivity contribution is -0.274. The molecule has 3 aliphatic rings. The molecule has 36 heavy (non-hydrogen) atoms. The molecule has 184 valence electrons. The molecule has 1 spiro atoms. The van der Waals surface area contributed by atoms with Crippen LogP contribution in [0, 0.1) is 5.41 Å². The first-order valence-electron chi connectivity index (χ1n) is 11.6. The van der Waals surface area contributed by atoms with Gasteiger partial charge in [-0.1, -0.05) is 0 Å². The number of alkyl halides is 3. The summed E-state index contributed by atoms with van der Waals surface area (Å²) in [6.07, 6.45) is 0.847. The Bertz CT molecular complexity index is 1560. The van der Waals surface area contributed by atoms with Crippen molar-refractivity contribution in [3.8, 4) is 11.5 Å². The minimum absolute atomic E-state index is 0.0562. The molecule has 0 radical (unpaired) electrons. The van der Waals surface area contributed by atoms with E-state index in [0.29, 0.717) is 45.8 Å². The van der Waals surface area contributed by atoms with Crippen LogP contribution in [0.15, 0.2) is 48.9 Å². The minimum Gasteiger partial charge on any atom is -0.487 e. The number of halogens is 3. The number of fused-ring (bicyclic) bond motifs is 7. The van der Waals surface area contributed by atoms with Crippen LogP contribution in [0.25, 0.3) is 16.6 Å². The standard InChI is InChI=1S/C25H20F3N5O3/c26-25(27,28)36-14-2-3-15-19(10-14)35-21-20(15)32(8-7-24(21)5-6-24)23(34)13-1-4-16-17(9-13)33-12-30-11-18(33)22(29)31-16/h1-4,9-12,20-21H,5-8H2,(H2,29,31)/t20-,21+/m0/s1. The van der Waals surface area contributed by atoms with Crippen molar-refractivity contribution in [1.29, 1.82) is 0 Å². The summed E-state index contributed by atoms with van der Waals surface area (Å²) in [5.41, 5.74) is 9.12. The molecule has 2 N–H and O–H groups in total. The second-order valence-corrected chi connectivity index (χ2v) is 9.69. The number of rotatable bonds is 2. The molecule has 4 aromatic rings. The van der Waals surface area contributed by atoms with Crippen molar-refractivity contribution < 1.29 is 27.4 Å². The van der Waals surface area contributed by atoms with Gasteiger partial charge in [-0.05, 0) is 49.6 Å². The Morgan fingerprint density at radius 2 is 1.97 bits per heavy atom. The molecule has 7 rings (SSSR count). The number of imidazole rings is 1. The second kappa shape index (κ2) is 7.02. The first kappa shape index (κ1) is 21.3. The number of ether oxygens (including phenoxy) is 2. The van der Waals surface area contributed by atoms with Crippen molar-refractivity contribution in [2.75, 3.05) is 12.3 Å². The number of carbonyl (C=O) groups is 1. The number of hydrogen-bond acceptors (Lipinski definition) is 6. The predicted octanol–water partition coefficient (Wildman–Crippen LogP) is 4.49. The maximum atomic E-state index is 13.9.